The molecule has 3 heterocycles. The fourth-order valence-electron chi connectivity index (χ4n) is 4.94. The maximum absolute atomic E-state index is 12.6. The minimum absolute atomic E-state index is 0.0405. The van der Waals surface area contributed by atoms with Crippen LogP contribution in [0.4, 0.5) is 11.7 Å². The van der Waals surface area contributed by atoms with Crippen molar-refractivity contribution in [2.75, 3.05) is 65.4 Å². The number of morpholine rings is 1. The van der Waals surface area contributed by atoms with Gasteiger partial charge in [0.15, 0.2) is 5.76 Å². The quantitative estimate of drug-likeness (QED) is 0.438. The summed E-state index contributed by atoms with van der Waals surface area (Å²) in [5.74, 6) is 1.91. The molecule has 9 heteroatoms. The van der Waals surface area contributed by atoms with Crippen molar-refractivity contribution in [1.82, 2.24) is 20.1 Å². The lowest BCUT2D eigenvalue weighted by Gasteiger charge is -2.28. The molecule has 38 heavy (non-hydrogen) atoms. The molecule has 0 atom stereocenters. The number of hydrogen-bond donors (Lipinski definition) is 2. The van der Waals surface area contributed by atoms with Gasteiger partial charge in [-0.1, -0.05) is 12.1 Å². The second-order valence-electron chi connectivity index (χ2n) is 10.1. The van der Waals surface area contributed by atoms with Crippen LogP contribution in [0.5, 0.6) is 5.75 Å². The molecule has 9 nitrogen and oxygen atoms in total. The second kappa shape index (κ2) is 12.4. The van der Waals surface area contributed by atoms with E-state index in [4.69, 9.17) is 13.9 Å². The number of benzene rings is 2. The van der Waals surface area contributed by atoms with Crippen LogP contribution in [0.25, 0.3) is 11.3 Å². The minimum Gasteiger partial charge on any atom is -0.497 e. The number of oxazole rings is 1. The summed E-state index contributed by atoms with van der Waals surface area (Å²) in [7, 11) is 3.81. The van der Waals surface area contributed by atoms with Crippen LogP contribution < -0.4 is 15.4 Å². The van der Waals surface area contributed by atoms with E-state index in [1.165, 1.54) is 0 Å². The van der Waals surface area contributed by atoms with Crippen molar-refractivity contribution in [3.63, 3.8) is 0 Å². The molecule has 202 valence electrons. The minimum atomic E-state index is -0.0405. The highest BCUT2D eigenvalue weighted by molar-refractivity contribution is 5.94. The van der Waals surface area contributed by atoms with Gasteiger partial charge in [0.05, 0.1) is 26.5 Å². The van der Waals surface area contributed by atoms with Gasteiger partial charge in [-0.3, -0.25) is 9.69 Å². The summed E-state index contributed by atoms with van der Waals surface area (Å²) in [4.78, 5) is 21.7. The number of hydrogen-bond acceptors (Lipinski definition) is 8. The van der Waals surface area contributed by atoms with E-state index in [1.807, 2.05) is 36.4 Å². The van der Waals surface area contributed by atoms with Crippen molar-refractivity contribution < 1.29 is 18.7 Å². The molecule has 1 amide bonds. The molecule has 2 aliphatic heterocycles. The molecule has 3 aromatic rings. The van der Waals surface area contributed by atoms with E-state index in [0.717, 1.165) is 87.9 Å². The number of ether oxygens (including phenoxy) is 2. The molecule has 0 saturated carbocycles. The molecule has 1 aromatic heterocycles. The zero-order chi connectivity index (χ0) is 26.3. The van der Waals surface area contributed by atoms with E-state index in [1.54, 1.807) is 13.3 Å². The lowest BCUT2D eigenvalue weighted by molar-refractivity contribution is 0.0342. The first-order valence-corrected chi connectivity index (χ1v) is 13.3. The molecule has 5 rings (SSSR count). The van der Waals surface area contributed by atoms with E-state index in [0.29, 0.717) is 23.3 Å². The van der Waals surface area contributed by atoms with E-state index in [9.17, 15) is 4.79 Å². The number of carbonyl (C=O) groups is 1. The van der Waals surface area contributed by atoms with Crippen LogP contribution in [-0.4, -0.2) is 80.8 Å². The molecule has 2 N–H and O–H groups in total. The molecule has 2 aliphatic rings. The Labute approximate surface area is 224 Å². The number of likely N-dealkylation sites (tertiary alicyclic amines) is 1. The Morgan fingerprint density at radius 2 is 1.84 bits per heavy atom. The first-order valence-electron chi connectivity index (χ1n) is 13.3. The Kier molecular flexibility index (Phi) is 8.58. The summed E-state index contributed by atoms with van der Waals surface area (Å²) >= 11 is 0. The predicted octanol–water partition coefficient (Wildman–Crippen LogP) is 4.00. The molecule has 0 aliphatic carbocycles. The number of carbonyl (C=O) groups excluding carboxylic acids is 1. The first-order chi connectivity index (χ1) is 18.6. The van der Waals surface area contributed by atoms with E-state index in [-0.39, 0.29) is 5.91 Å². The predicted molar refractivity (Wildman–Crippen MR) is 147 cm³/mol. The van der Waals surface area contributed by atoms with Crippen LogP contribution in [0, 0.1) is 5.92 Å². The largest absolute Gasteiger partial charge is 0.497 e. The smallest absolute Gasteiger partial charge is 0.299 e. The zero-order valence-corrected chi connectivity index (χ0v) is 22.2. The summed E-state index contributed by atoms with van der Waals surface area (Å²) < 4.78 is 17.0. The third-order valence-electron chi connectivity index (χ3n) is 7.29. The van der Waals surface area contributed by atoms with Gasteiger partial charge in [0, 0.05) is 49.1 Å². The number of anilines is 2. The van der Waals surface area contributed by atoms with Gasteiger partial charge in [-0.05, 0) is 68.7 Å². The SMILES string of the molecule is COc1cc(CN2CCOCC2)cc(Nc2ncc(-c3ccc(C(=O)NCC4CCN(C)CC4)cc3)o2)c1. The molecule has 0 bridgehead atoms. The van der Waals surface area contributed by atoms with Crippen molar-refractivity contribution in [1.29, 1.82) is 0 Å². The number of nitrogens with one attached hydrogen (secondary N) is 2. The van der Waals surface area contributed by atoms with Crippen molar-refractivity contribution in [3.8, 4) is 17.1 Å². The number of aromatic nitrogens is 1. The van der Waals surface area contributed by atoms with Crippen LogP contribution in [0.2, 0.25) is 0 Å². The van der Waals surface area contributed by atoms with Gasteiger partial charge in [-0.15, -0.1) is 0 Å². The van der Waals surface area contributed by atoms with Gasteiger partial charge in [0.2, 0.25) is 0 Å². The van der Waals surface area contributed by atoms with Crippen molar-refractivity contribution in [2.45, 2.75) is 19.4 Å². The molecule has 2 fully saturated rings. The average molecular weight is 520 g/mol. The molecule has 0 unspecified atom stereocenters. The van der Waals surface area contributed by atoms with Crippen molar-refractivity contribution >= 4 is 17.6 Å². The third kappa shape index (κ3) is 6.92. The second-order valence-corrected chi connectivity index (χ2v) is 10.1. The van der Waals surface area contributed by atoms with Crippen LogP contribution in [0.15, 0.2) is 53.1 Å². The molecule has 0 radical (unpaired) electrons. The lowest BCUT2D eigenvalue weighted by Crippen LogP contribution is -2.36. The number of nitrogens with zero attached hydrogens (tertiary/aromatic N) is 3. The standard InChI is InChI=1S/C29H37N5O4/c1-33-9-7-21(8-10-33)18-30-28(35)24-5-3-23(4-6-24)27-19-31-29(38-27)32-25-15-22(16-26(17-25)36-2)20-34-11-13-37-14-12-34/h3-6,15-17,19,21H,7-14,18,20H2,1-2H3,(H,30,35)(H,31,32). The summed E-state index contributed by atoms with van der Waals surface area (Å²) in [5.41, 5.74) is 3.49. The van der Waals surface area contributed by atoms with Crippen molar-refractivity contribution in [2.24, 2.45) is 5.92 Å². The highest BCUT2D eigenvalue weighted by atomic mass is 16.5. The monoisotopic (exact) mass is 519 g/mol. The normalized spacial score (nSPS) is 17.3. The fraction of sp³-hybridized carbons (Fsp3) is 0.448. The summed E-state index contributed by atoms with van der Waals surface area (Å²) in [6, 6.07) is 13.9. The van der Waals surface area contributed by atoms with Crippen LogP contribution >= 0.6 is 0 Å². The number of piperidine rings is 1. The number of methoxy groups -OCH3 is 1. The number of rotatable bonds is 9. The van der Waals surface area contributed by atoms with Crippen LogP contribution in [-0.2, 0) is 11.3 Å². The third-order valence-corrected chi connectivity index (χ3v) is 7.29. The van der Waals surface area contributed by atoms with Gasteiger partial charge in [-0.2, -0.15) is 0 Å². The van der Waals surface area contributed by atoms with Gasteiger partial charge in [-0.25, -0.2) is 4.98 Å². The Morgan fingerprint density at radius 1 is 1.08 bits per heavy atom. The van der Waals surface area contributed by atoms with Gasteiger partial charge < -0.3 is 29.4 Å². The number of amides is 1. The highest BCUT2D eigenvalue weighted by Crippen LogP contribution is 2.28. The molecule has 2 saturated heterocycles. The Morgan fingerprint density at radius 3 is 2.58 bits per heavy atom. The fourth-order valence-corrected chi connectivity index (χ4v) is 4.94. The molecular weight excluding hydrogens is 482 g/mol. The summed E-state index contributed by atoms with van der Waals surface area (Å²) in [5, 5.41) is 6.35. The van der Waals surface area contributed by atoms with E-state index >= 15 is 0 Å². The maximum atomic E-state index is 12.6. The zero-order valence-electron chi connectivity index (χ0n) is 22.2. The van der Waals surface area contributed by atoms with Crippen molar-refractivity contribution in [3.05, 3.63) is 59.8 Å². The lowest BCUT2D eigenvalue weighted by atomic mass is 9.97. The van der Waals surface area contributed by atoms with Crippen LogP contribution in [0.1, 0.15) is 28.8 Å². The average Bonchev–Trinajstić information content (AvgIpc) is 3.41. The topological polar surface area (TPSA) is 92.1 Å². The summed E-state index contributed by atoms with van der Waals surface area (Å²) in [6.45, 7) is 7.10. The molecule has 0 spiro atoms. The van der Waals surface area contributed by atoms with Gasteiger partial charge >= 0.3 is 0 Å². The van der Waals surface area contributed by atoms with E-state index in [2.05, 4.69) is 38.5 Å². The van der Waals surface area contributed by atoms with Crippen LogP contribution in [0.3, 0.4) is 0 Å². The van der Waals surface area contributed by atoms with Gasteiger partial charge in [0.25, 0.3) is 11.9 Å². The Hall–Kier alpha value is -3.40. The Balaban J connectivity index is 1.19. The maximum Gasteiger partial charge on any atom is 0.299 e. The summed E-state index contributed by atoms with van der Waals surface area (Å²) in [6.07, 6.45) is 3.94. The Bertz CT molecular complexity index is 1200. The van der Waals surface area contributed by atoms with E-state index < -0.39 is 0 Å². The highest BCUT2D eigenvalue weighted by Gasteiger charge is 2.18. The first kappa shape index (κ1) is 26.2. The molecule has 2 aromatic carbocycles. The van der Waals surface area contributed by atoms with Gasteiger partial charge in [0.1, 0.15) is 5.75 Å². The molecular formula is C29H37N5O4.